The highest BCUT2D eigenvalue weighted by molar-refractivity contribution is 8.01. The topological polar surface area (TPSA) is 71.1 Å². The molecule has 4 rings (SSSR count). The van der Waals surface area contributed by atoms with Gasteiger partial charge in [-0.05, 0) is 36.8 Å². The van der Waals surface area contributed by atoms with Crippen molar-refractivity contribution in [2.45, 2.75) is 23.5 Å². The summed E-state index contributed by atoms with van der Waals surface area (Å²) in [5.41, 5.74) is 2.64. The van der Waals surface area contributed by atoms with Gasteiger partial charge in [-0.3, -0.25) is 9.59 Å². The third-order valence-corrected chi connectivity index (χ3v) is 6.45. The van der Waals surface area contributed by atoms with E-state index in [0.717, 1.165) is 20.7 Å². The lowest BCUT2D eigenvalue weighted by Crippen LogP contribution is -2.32. The number of aryl methyl sites for hydroxylation is 1. The minimum atomic E-state index is -0.486. The Bertz CT molecular complexity index is 1030. The van der Waals surface area contributed by atoms with Crippen LogP contribution in [0.5, 0.6) is 0 Å². The van der Waals surface area contributed by atoms with Gasteiger partial charge in [-0.25, -0.2) is 4.98 Å². The van der Waals surface area contributed by atoms with Crippen LogP contribution in [0.4, 0.5) is 10.8 Å². The molecular weight excluding hydrogens is 390 g/mol. The number of nitrogens with zero attached hydrogens (tertiary/aromatic N) is 1. The number of hydrogen-bond acceptors (Lipinski definition) is 5. The lowest BCUT2D eigenvalue weighted by Gasteiger charge is -2.23. The molecule has 1 unspecified atom stereocenters. The molecule has 8 heteroatoms. The molecule has 0 fully saturated rings. The number of rotatable bonds is 3. The van der Waals surface area contributed by atoms with E-state index in [4.69, 9.17) is 11.6 Å². The van der Waals surface area contributed by atoms with E-state index < -0.39 is 5.25 Å². The summed E-state index contributed by atoms with van der Waals surface area (Å²) in [5.74, 6) is -0.424. The predicted molar refractivity (Wildman–Crippen MR) is 107 cm³/mol. The van der Waals surface area contributed by atoms with E-state index in [1.165, 1.54) is 23.1 Å². The number of amides is 2. The molecule has 0 saturated carbocycles. The van der Waals surface area contributed by atoms with Gasteiger partial charge in [0.15, 0.2) is 5.13 Å². The lowest BCUT2D eigenvalue weighted by atomic mass is 10.2. The number of thioether (sulfide) groups is 1. The second-order valence-electron chi connectivity index (χ2n) is 5.93. The van der Waals surface area contributed by atoms with Crippen LogP contribution in [0.15, 0.2) is 41.3 Å². The number of fused-ring (bicyclic) bond motifs is 2. The number of carbonyl (C=O) groups is 2. The smallest absolute Gasteiger partial charge is 0.238 e. The minimum absolute atomic E-state index is 0.0769. The van der Waals surface area contributed by atoms with Crippen molar-refractivity contribution in [3.05, 3.63) is 47.0 Å². The summed E-state index contributed by atoms with van der Waals surface area (Å²) in [6, 6.07) is 11.3. The van der Waals surface area contributed by atoms with Crippen LogP contribution in [-0.4, -0.2) is 22.0 Å². The zero-order valence-corrected chi connectivity index (χ0v) is 16.1. The molecule has 132 valence electrons. The summed E-state index contributed by atoms with van der Waals surface area (Å²) < 4.78 is 1.02. The highest BCUT2D eigenvalue weighted by Gasteiger charge is 2.29. The van der Waals surface area contributed by atoms with Gasteiger partial charge in [0.2, 0.25) is 11.8 Å². The molecule has 1 aliphatic rings. The molecule has 0 saturated heterocycles. The van der Waals surface area contributed by atoms with Crippen molar-refractivity contribution in [2.24, 2.45) is 0 Å². The second-order valence-corrected chi connectivity index (χ2v) is 8.64. The highest BCUT2D eigenvalue weighted by Crippen LogP contribution is 2.38. The molecule has 5 nitrogen and oxygen atoms in total. The van der Waals surface area contributed by atoms with Crippen LogP contribution >= 0.6 is 34.7 Å². The van der Waals surface area contributed by atoms with E-state index >= 15 is 0 Å². The fraction of sp³-hybridized carbons (Fsp3) is 0.167. The number of carbonyl (C=O) groups excluding carboxylic acids is 2. The van der Waals surface area contributed by atoms with Crippen molar-refractivity contribution in [1.29, 1.82) is 0 Å². The second kappa shape index (κ2) is 6.90. The molecule has 0 radical (unpaired) electrons. The highest BCUT2D eigenvalue weighted by atomic mass is 35.5. The Morgan fingerprint density at radius 3 is 3.00 bits per heavy atom. The van der Waals surface area contributed by atoms with Gasteiger partial charge in [0.05, 0.1) is 21.2 Å². The van der Waals surface area contributed by atoms with Gasteiger partial charge < -0.3 is 10.6 Å². The van der Waals surface area contributed by atoms with Crippen LogP contribution in [0, 0.1) is 6.92 Å². The van der Waals surface area contributed by atoms with E-state index in [9.17, 15) is 9.59 Å². The normalized spacial score (nSPS) is 16.2. The molecule has 0 aliphatic carbocycles. The predicted octanol–water partition coefficient (Wildman–Crippen LogP) is 4.70. The summed E-state index contributed by atoms with van der Waals surface area (Å²) >= 11 is 8.75. The zero-order valence-electron chi connectivity index (χ0n) is 13.7. The maximum atomic E-state index is 12.4. The number of thiazole rings is 1. The van der Waals surface area contributed by atoms with Crippen molar-refractivity contribution < 1.29 is 9.59 Å². The van der Waals surface area contributed by atoms with Gasteiger partial charge in [0, 0.05) is 16.3 Å². The maximum Gasteiger partial charge on any atom is 0.238 e. The molecule has 2 heterocycles. The molecule has 1 aromatic heterocycles. The molecule has 26 heavy (non-hydrogen) atoms. The number of para-hydroxylation sites is 1. The molecule has 2 N–H and O–H groups in total. The van der Waals surface area contributed by atoms with E-state index in [1.54, 1.807) is 12.1 Å². The number of anilines is 2. The Kier molecular flexibility index (Phi) is 4.60. The molecular formula is C18H14ClN3O2S2. The first-order chi connectivity index (χ1) is 12.5. The standard InChI is InChI=1S/C18H14ClN3O2S2/c1-9-3-2-4-13-16(9)22-18(26-13)21-15(23)8-14-17(24)20-11-7-10(19)5-6-12(11)25-14/h2-7,14H,8H2,1H3,(H,20,24)(H,21,22,23). The van der Waals surface area contributed by atoms with Crippen molar-refractivity contribution in [1.82, 2.24) is 4.98 Å². The Labute approximate surface area is 163 Å². The zero-order chi connectivity index (χ0) is 18.3. The van der Waals surface area contributed by atoms with Crippen LogP contribution in [-0.2, 0) is 9.59 Å². The van der Waals surface area contributed by atoms with Gasteiger partial charge in [-0.15, -0.1) is 11.8 Å². The number of halogens is 1. The fourth-order valence-electron chi connectivity index (χ4n) is 2.74. The Balaban J connectivity index is 1.46. The molecule has 1 aliphatic heterocycles. The molecule has 2 amide bonds. The monoisotopic (exact) mass is 403 g/mol. The number of aromatic nitrogens is 1. The molecule has 1 atom stereocenters. The minimum Gasteiger partial charge on any atom is -0.324 e. The Morgan fingerprint density at radius 2 is 2.19 bits per heavy atom. The third kappa shape index (κ3) is 3.42. The summed E-state index contributed by atoms with van der Waals surface area (Å²) in [4.78, 5) is 30.0. The van der Waals surface area contributed by atoms with Crippen molar-refractivity contribution in [3.8, 4) is 0 Å². The van der Waals surface area contributed by atoms with Crippen molar-refractivity contribution in [2.75, 3.05) is 10.6 Å². The van der Waals surface area contributed by atoms with E-state index in [1.807, 2.05) is 31.2 Å². The average Bonchev–Trinajstić information content (AvgIpc) is 2.99. The Hall–Kier alpha value is -2.09. The van der Waals surface area contributed by atoms with Crippen molar-refractivity contribution in [3.63, 3.8) is 0 Å². The largest absolute Gasteiger partial charge is 0.324 e. The van der Waals surface area contributed by atoms with Gasteiger partial charge in [0.1, 0.15) is 0 Å². The average molecular weight is 404 g/mol. The van der Waals surface area contributed by atoms with Crippen LogP contribution in [0.2, 0.25) is 5.02 Å². The lowest BCUT2D eigenvalue weighted by molar-refractivity contribution is -0.120. The van der Waals surface area contributed by atoms with Crippen LogP contribution in [0.3, 0.4) is 0 Å². The van der Waals surface area contributed by atoms with E-state index in [-0.39, 0.29) is 18.2 Å². The van der Waals surface area contributed by atoms with Crippen LogP contribution in [0.1, 0.15) is 12.0 Å². The summed E-state index contributed by atoms with van der Waals surface area (Å²) in [7, 11) is 0. The summed E-state index contributed by atoms with van der Waals surface area (Å²) in [6.07, 6.45) is 0.0769. The maximum absolute atomic E-state index is 12.4. The van der Waals surface area contributed by atoms with Gasteiger partial charge in [-0.1, -0.05) is 35.1 Å². The number of hydrogen-bond donors (Lipinski definition) is 2. The van der Waals surface area contributed by atoms with Gasteiger partial charge in [0.25, 0.3) is 0 Å². The molecule has 0 bridgehead atoms. The first-order valence-corrected chi connectivity index (χ1v) is 10.00. The molecule has 3 aromatic rings. The molecule has 0 spiro atoms. The van der Waals surface area contributed by atoms with Crippen LogP contribution in [0.25, 0.3) is 10.2 Å². The van der Waals surface area contributed by atoms with Crippen molar-refractivity contribution >= 4 is 67.5 Å². The van der Waals surface area contributed by atoms with E-state index in [2.05, 4.69) is 15.6 Å². The first kappa shape index (κ1) is 17.3. The van der Waals surface area contributed by atoms with E-state index in [0.29, 0.717) is 15.8 Å². The summed E-state index contributed by atoms with van der Waals surface area (Å²) in [6.45, 7) is 1.99. The number of nitrogens with one attached hydrogen (secondary N) is 2. The first-order valence-electron chi connectivity index (χ1n) is 7.93. The molecule has 2 aromatic carbocycles. The van der Waals surface area contributed by atoms with Gasteiger partial charge in [-0.2, -0.15) is 0 Å². The van der Waals surface area contributed by atoms with Gasteiger partial charge >= 0.3 is 0 Å². The Morgan fingerprint density at radius 1 is 1.35 bits per heavy atom. The van der Waals surface area contributed by atoms with Crippen LogP contribution < -0.4 is 10.6 Å². The quantitative estimate of drug-likeness (QED) is 0.664. The fourth-order valence-corrected chi connectivity index (χ4v) is 4.96. The number of benzene rings is 2. The summed E-state index contributed by atoms with van der Waals surface area (Å²) in [5, 5.41) is 6.25. The SMILES string of the molecule is Cc1cccc2sc(NC(=O)CC3Sc4ccc(Cl)cc4NC3=O)nc12. The third-order valence-electron chi connectivity index (χ3n) is 4.00.